The van der Waals surface area contributed by atoms with Gasteiger partial charge in [0.1, 0.15) is 0 Å². The topological polar surface area (TPSA) is 57.8 Å². The average Bonchev–Trinajstić information content (AvgIpc) is 3.01. The third-order valence-corrected chi connectivity index (χ3v) is 4.18. The smallest absolute Gasteiger partial charge is 0.356 e. The number of carboxylic acids is 1. The van der Waals surface area contributed by atoms with Crippen LogP contribution >= 0.6 is 11.3 Å². The molecule has 5 nitrogen and oxygen atoms in total. The van der Waals surface area contributed by atoms with Crippen LogP contribution in [-0.4, -0.2) is 27.0 Å². The highest BCUT2D eigenvalue weighted by Gasteiger charge is 2.24. The van der Waals surface area contributed by atoms with Gasteiger partial charge in [-0.3, -0.25) is 4.40 Å². The van der Waals surface area contributed by atoms with Gasteiger partial charge in [-0.1, -0.05) is 18.2 Å². The summed E-state index contributed by atoms with van der Waals surface area (Å²) in [5, 5.41) is 11.4. The minimum atomic E-state index is -0.970. The van der Waals surface area contributed by atoms with Crippen molar-refractivity contribution in [2.45, 2.75) is 13.8 Å². The predicted octanol–water partition coefficient (Wildman–Crippen LogP) is 3.56. The summed E-state index contributed by atoms with van der Waals surface area (Å²) in [6.45, 7) is 4.65. The number of aryl methyl sites for hydroxylation is 1. The van der Waals surface area contributed by atoms with Crippen molar-refractivity contribution in [2.24, 2.45) is 0 Å². The molecule has 0 saturated carbocycles. The van der Waals surface area contributed by atoms with Crippen LogP contribution in [0.1, 0.15) is 23.0 Å². The number of fused-ring (bicyclic) bond motifs is 1. The van der Waals surface area contributed by atoms with E-state index in [-0.39, 0.29) is 5.69 Å². The van der Waals surface area contributed by atoms with Crippen LogP contribution in [0.4, 0.5) is 11.5 Å². The summed E-state index contributed by atoms with van der Waals surface area (Å²) < 4.78 is 1.63. The van der Waals surface area contributed by atoms with Gasteiger partial charge in [0.2, 0.25) is 0 Å². The number of aromatic carboxylic acids is 1. The maximum absolute atomic E-state index is 11.6. The van der Waals surface area contributed by atoms with Crippen molar-refractivity contribution in [1.29, 1.82) is 0 Å². The molecule has 0 spiro atoms. The molecule has 2 heterocycles. The third-order valence-electron chi connectivity index (χ3n) is 3.42. The van der Waals surface area contributed by atoms with Crippen molar-refractivity contribution in [1.82, 2.24) is 9.38 Å². The van der Waals surface area contributed by atoms with Crippen molar-refractivity contribution in [3.8, 4) is 0 Å². The molecule has 0 radical (unpaired) electrons. The molecule has 1 N–H and O–H groups in total. The second-order valence-corrected chi connectivity index (χ2v) is 5.55. The monoisotopic (exact) mass is 301 g/mol. The zero-order valence-electron chi connectivity index (χ0n) is 11.8. The molecule has 1 aromatic carbocycles. The van der Waals surface area contributed by atoms with Gasteiger partial charge in [-0.15, -0.1) is 11.3 Å². The minimum Gasteiger partial charge on any atom is -0.476 e. The van der Waals surface area contributed by atoms with Gasteiger partial charge in [0.05, 0.1) is 0 Å². The number of benzene rings is 1. The maximum Gasteiger partial charge on any atom is 0.356 e. The highest BCUT2D eigenvalue weighted by atomic mass is 32.1. The number of carbonyl (C=O) groups is 1. The van der Waals surface area contributed by atoms with Gasteiger partial charge in [-0.25, -0.2) is 9.78 Å². The molecule has 0 saturated heterocycles. The standard InChI is InChI=1S/C15H15N3O2S/c1-3-17(11-7-5-4-6-10(11)2)13-12(14(19)20)18-8-9-21-15(18)16-13/h4-9H,3H2,1-2H3,(H,19,20). The Bertz CT molecular complexity index is 806. The molecule has 2 aromatic heterocycles. The van der Waals surface area contributed by atoms with Crippen LogP contribution in [0.3, 0.4) is 0 Å². The summed E-state index contributed by atoms with van der Waals surface area (Å²) in [4.78, 5) is 18.8. The lowest BCUT2D eigenvalue weighted by molar-refractivity contribution is 0.0690. The Morgan fingerprint density at radius 3 is 2.86 bits per heavy atom. The van der Waals surface area contributed by atoms with Gasteiger partial charge in [-0.05, 0) is 25.5 Å². The van der Waals surface area contributed by atoms with Gasteiger partial charge in [0.15, 0.2) is 16.5 Å². The molecule has 0 unspecified atom stereocenters. The third kappa shape index (κ3) is 2.17. The first-order chi connectivity index (χ1) is 10.1. The summed E-state index contributed by atoms with van der Waals surface area (Å²) >= 11 is 1.43. The summed E-state index contributed by atoms with van der Waals surface area (Å²) in [6.07, 6.45) is 1.74. The summed E-state index contributed by atoms with van der Waals surface area (Å²) in [6, 6.07) is 7.91. The van der Waals surface area contributed by atoms with Gasteiger partial charge in [0.25, 0.3) is 0 Å². The molecule has 3 rings (SSSR count). The van der Waals surface area contributed by atoms with E-state index in [1.54, 1.807) is 10.6 Å². The number of para-hydroxylation sites is 1. The zero-order chi connectivity index (χ0) is 15.0. The molecule has 108 valence electrons. The fourth-order valence-electron chi connectivity index (χ4n) is 2.46. The molecular formula is C15H15N3O2S. The van der Waals surface area contributed by atoms with Crippen LogP contribution in [0.15, 0.2) is 35.8 Å². The van der Waals surface area contributed by atoms with E-state index in [2.05, 4.69) is 4.98 Å². The van der Waals surface area contributed by atoms with E-state index in [0.29, 0.717) is 17.3 Å². The van der Waals surface area contributed by atoms with E-state index in [1.807, 2.05) is 48.4 Å². The normalized spacial score (nSPS) is 11.0. The fraction of sp³-hybridized carbons (Fsp3) is 0.200. The summed E-state index contributed by atoms with van der Waals surface area (Å²) in [7, 11) is 0. The van der Waals surface area contributed by atoms with E-state index >= 15 is 0 Å². The molecule has 0 bridgehead atoms. The number of anilines is 2. The first-order valence-electron chi connectivity index (χ1n) is 6.65. The average molecular weight is 301 g/mol. The lowest BCUT2D eigenvalue weighted by atomic mass is 10.1. The highest BCUT2D eigenvalue weighted by Crippen LogP contribution is 2.32. The van der Waals surface area contributed by atoms with Crippen LogP contribution in [-0.2, 0) is 0 Å². The molecule has 21 heavy (non-hydrogen) atoms. The fourth-order valence-corrected chi connectivity index (χ4v) is 3.17. The van der Waals surface area contributed by atoms with Gasteiger partial charge in [0, 0.05) is 23.8 Å². The number of thiazole rings is 1. The van der Waals surface area contributed by atoms with Crippen LogP contribution in [0.2, 0.25) is 0 Å². The summed E-state index contributed by atoms with van der Waals surface area (Å²) in [5.74, 6) is -0.478. The minimum absolute atomic E-state index is 0.205. The van der Waals surface area contributed by atoms with E-state index < -0.39 is 5.97 Å². The molecular weight excluding hydrogens is 286 g/mol. The quantitative estimate of drug-likeness (QED) is 0.800. The van der Waals surface area contributed by atoms with Crippen LogP contribution in [0, 0.1) is 6.92 Å². The Hall–Kier alpha value is -2.34. The van der Waals surface area contributed by atoms with Crippen molar-refractivity contribution < 1.29 is 9.90 Å². The van der Waals surface area contributed by atoms with Gasteiger partial charge < -0.3 is 10.0 Å². The molecule has 0 aliphatic carbocycles. The zero-order valence-corrected chi connectivity index (χ0v) is 12.6. The predicted molar refractivity (Wildman–Crippen MR) is 83.9 cm³/mol. The van der Waals surface area contributed by atoms with Crippen LogP contribution < -0.4 is 4.90 Å². The van der Waals surface area contributed by atoms with Crippen molar-refractivity contribution >= 4 is 33.8 Å². The number of carboxylic acid groups (broad SMARTS) is 1. The Balaban J connectivity index is 2.22. The molecule has 0 aliphatic heterocycles. The largest absolute Gasteiger partial charge is 0.476 e. The Morgan fingerprint density at radius 1 is 1.43 bits per heavy atom. The number of imidazole rings is 1. The summed E-state index contributed by atoms with van der Waals surface area (Å²) in [5.41, 5.74) is 2.27. The van der Waals surface area contributed by atoms with Gasteiger partial charge >= 0.3 is 5.97 Å². The number of hydrogen-bond donors (Lipinski definition) is 1. The highest BCUT2D eigenvalue weighted by molar-refractivity contribution is 7.15. The molecule has 6 heteroatoms. The SMILES string of the molecule is CCN(c1ccccc1C)c1nc2sccn2c1C(=O)O. The lowest BCUT2D eigenvalue weighted by Gasteiger charge is -2.23. The first-order valence-corrected chi connectivity index (χ1v) is 7.53. The molecule has 3 aromatic rings. The van der Waals surface area contributed by atoms with Crippen LogP contribution in [0.5, 0.6) is 0 Å². The Kier molecular flexibility index (Phi) is 3.39. The first kappa shape index (κ1) is 13.6. The molecule has 0 amide bonds. The number of aromatic nitrogens is 2. The van der Waals surface area contributed by atoms with Crippen molar-refractivity contribution in [2.75, 3.05) is 11.4 Å². The molecule has 0 fully saturated rings. The Labute approximate surface area is 126 Å². The lowest BCUT2D eigenvalue weighted by Crippen LogP contribution is -2.20. The number of nitrogens with zero attached hydrogens (tertiary/aromatic N) is 3. The molecule has 0 aliphatic rings. The number of hydrogen-bond acceptors (Lipinski definition) is 4. The second-order valence-electron chi connectivity index (χ2n) is 4.68. The van der Waals surface area contributed by atoms with Crippen LogP contribution in [0.25, 0.3) is 4.96 Å². The van der Waals surface area contributed by atoms with E-state index in [4.69, 9.17) is 0 Å². The van der Waals surface area contributed by atoms with Gasteiger partial charge in [-0.2, -0.15) is 0 Å². The van der Waals surface area contributed by atoms with E-state index in [0.717, 1.165) is 11.3 Å². The molecule has 0 atom stereocenters. The van der Waals surface area contributed by atoms with E-state index in [1.165, 1.54) is 11.3 Å². The maximum atomic E-state index is 11.6. The number of rotatable bonds is 4. The van der Waals surface area contributed by atoms with Crippen molar-refractivity contribution in [3.63, 3.8) is 0 Å². The second kappa shape index (κ2) is 5.21. The Morgan fingerprint density at radius 2 is 2.19 bits per heavy atom. The van der Waals surface area contributed by atoms with E-state index in [9.17, 15) is 9.90 Å². The van der Waals surface area contributed by atoms with Crippen molar-refractivity contribution in [3.05, 3.63) is 47.1 Å².